The Hall–Kier alpha value is -2.43. The van der Waals surface area contributed by atoms with Gasteiger partial charge in [-0.15, -0.1) is 0 Å². The number of carbonyl (C=O) groups is 1. The molecule has 0 spiro atoms. The summed E-state index contributed by atoms with van der Waals surface area (Å²) in [4.78, 5) is 16.2. The lowest BCUT2D eigenvalue weighted by Crippen LogP contribution is -2.48. The van der Waals surface area contributed by atoms with Gasteiger partial charge in [0.15, 0.2) is 11.6 Å². The molecule has 1 saturated heterocycles. The predicted octanol–water partition coefficient (Wildman–Crippen LogP) is 3.24. The largest absolute Gasteiger partial charge is 0.368 e. The van der Waals surface area contributed by atoms with Crippen LogP contribution in [0.1, 0.15) is 15.9 Å². The maximum atomic E-state index is 13.3. The Morgan fingerprint density at radius 3 is 2.17 bits per heavy atom. The van der Waals surface area contributed by atoms with Crippen molar-refractivity contribution in [3.63, 3.8) is 0 Å². The zero-order valence-corrected chi connectivity index (χ0v) is 12.9. The first-order valence-electron chi connectivity index (χ1n) is 7.60. The monoisotopic (exact) mass is 316 g/mol. The molecule has 1 fully saturated rings. The minimum atomic E-state index is -0.847. The summed E-state index contributed by atoms with van der Waals surface area (Å²) in [5.74, 6) is -1.68. The molecule has 0 N–H and O–H groups in total. The Kier molecular flexibility index (Phi) is 4.28. The summed E-state index contributed by atoms with van der Waals surface area (Å²) < 4.78 is 26.3. The van der Waals surface area contributed by atoms with Gasteiger partial charge in [-0.1, -0.05) is 17.7 Å². The Morgan fingerprint density at radius 2 is 1.57 bits per heavy atom. The fourth-order valence-corrected chi connectivity index (χ4v) is 2.73. The van der Waals surface area contributed by atoms with Crippen LogP contribution in [0.4, 0.5) is 14.5 Å². The molecule has 1 aliphatic heterocycles. The van der Waals surface area contributed by atoms with Gasteiger partial charge in [0.05, 0.1) is 0 Å². The quantitative estimate of drug-likeness (QED) is 0.849. The van der Waals surface area contributed by atoms with Crippen molar-refractivity contribution in [3.05, 3.63) is 65.2 Å². The third kappa shape index (κ3) is 3.33. The molecule has 0 unspecified atom stereocenters. The smallest absolute Gasteiger partial charge is 0.253 e. The lowest BCUT2D eigenvalue weighted by atomic mass is 10.1. The number of hydrogen-bond donors (Lipinski definition) is 0. The average Bonchev–Trinajstić information content (AvgIpc) is 2.57. The van der Waals surface area contributed by atoms with Crippen molar-refractivity contribution >= 4 is 11.6 Å². The van der Waals surface area contributed by atoms with Gasteiger partial charge in [-0.2, -0.15) is 0 Å². The van der Waals surface area contributed by atoms with Gasteiger partial charge in [0, 0.05) is 43.5 Å². The van der Waals surface area contributed by atoms with Crippen LogP contribution in [0.25, 0.3) is 0 Å². The zero-order valence-electron chi connectivity index (χ0n) is 12.9. The molecule has 0 aromatic heterocycles. The van der Waals surface area contributed by atoms with Crippen molar-refractivity contribution in [2.75, 3.05) is 31.1 Å². The number of rotatable bonds is 2. The minimum absolute atomic E-state index is 0.00920. The van der Waals surface area contributed by atoms with Gasteiger partial charge in [-0.25, -0.2) is 8.78 Å². The van der Waals surface area contributed by atoms with E-state index < -0.39 is 11.6 Å². The summed E-state index contributed by atoms with van der Waals surface area (Å²) in [7, 11) is 0. The number of amides is 1. The van der Waals surface area contributed by atoms with Gasteiger partial charge in [0.25, 0.3) is 5.91 Å². The summed E-state index contributed by atoms with van der Waals surface area (Å²) in [6.07, 6.45) is 0. The van der Waals surface area contributed by atoms with Crippen molar-refractivity contribution in [3.8, 4) is 0 Å². The summed E-state index contributed by atoms with van der Waals surface area (Å²) in [6, 6.07) is 11.4. The lowest BCUT2D eigenvalue weighted by Gasteiger charge is -2.36. The van der Waals surface area contributed by atoms with Crippen molar-refractivity contribution in [1.29, 1.82) is 0 Å². The maximum Gasteiger partial charge on any atom is 0.253 e. The van der Waals surface area contributed by atoms with E-state index in [-0.39, 0.29) is 5.91 Å². The molecule has 0 radical (unpaired) electrons. The lowest BCUT2D eigenvalue weighted by molar-refractivity contribution is 0.0747. The Balaban J connectivity index is 1.64. The van der Waals surface area contributed by atoms with E-state index in [2.05, 4.69) is 0 Å². The molecular formula is C18H18F2N2O. The second-order valence-corrected chi connectivity index (χ2v) is 5.74. The van der Waals surface area contributed by atoms with Crippen LogP contribution in [0.3, 0.4) is 0 Å². The molecule has 0 atom stereocenters. The molecule has 2 aromatic rings. The molecule has 1 heterocycles. The van der Waals surface area contributed by atoms with E-state index >= 15 is 0 Å². The van der Waals surface area contributed by atoms with Gasteiger partial charge in [0.1, 0.15) is 0 Å². The maximum absolute atomic E-state index is 13.3. The topological polar surface area (TPSA) is 23.6 Å². The van der Waals surface area contributed by atoms with Crippen molar-refractivity contribution in [2.45, 2.75) is 6.92 Å². The normalized spacial score (nSPS) is 14.9. The highest BCUT2D eigenvalue weighted by atomic mass is 19.2. The SMILES string of the molecule is Cc1ccc(C(=O)N2CCN(c3ccc(F)c(F)c3)CC2)cc1. The number of piperazine rings is 1. The first-order chi connectivity index (χ1) is 11.0. The van der Waals surface area contributed by atoms with Crippen LogP contribution in [0.5, 0.6) is 0 Å². The molecule has 1 aliphatic rings. The van der Waals surface area contributed by atoms with Crippen molar-refractivity contribution in [2.24, 2.45) is 0 Å². The highest BCUT2D eigenvalue weighted by Crippen LogP contribution is 2.20. The minimum Gasteiger partial charge on any atom is -0.368 e. The van der Waals surface area contributed by atoms with E-state index in [1.165, 1.54) is 6.07 Å². The average molecular weight is 316 g/mol. The van der Waals surface area contributed by atoms with Gasteiger partial charge >= 0.3 is 0 Å². The number of anilines is 1. The number of nitrogens with zero attached hydrogens (tertiary/aromatic N) is 2. The van der Waals surface area contributed by atoms with Gasteiger partial charge in [-0.3, -0.25) is 4.79 Å². The number of halogens is 2. The summed E-state index contributed by atoms with van der Waals surface area (Å²) >= 11 is 0. The molecule has 0 saturated carbocycles. The standard InChI is InChI=1S/C18H18F2N2O/c1-13-2-4-14(5-3-13)18(23)22-10-8-21(9-11-22)15-6-7-16(19)17(20)12-15/h2-7,12H,8-11H2,1H3. The van der Waals surface area contributed by atoms with Crippen LogP contribution in [-0.4, -0.2) is 37.0 Å². The summed E-state index contributed by atoms with van der Waals surface area (Å²) in [6.45, 7) is 4.30. The van der Waals surface area contributed by atoms with Crippen LogP contribution in [0.15, 0.2) is 42.5 Å². The summed E-state index contributed by atoms with van der Waals surface area (Å²) in [5.41, 5.74) is 2.44. The summed E-state index contributed by atoms with van der Waals surface area (Å²) in [5, 5.41) is 0. The zero-order chi connectivity index (χ0) is 16.4. The van der Waals surface area contributed by atoms with Crippen molar-refractivity contribution in [1.82, 2.24) is 4.90 Å². The molecule has 5 heteroatoms. The third-order valence-electron chi connectivity index (χ3n) is 4.13. The number of aryl methyl sites for hydroxylation is 1. The van der Waals surface area contributed by atoms with Crippen molar-refractivity contribution < 1.29 is 13.6 Å². The van der Waals surface area contributed by atoms with E-state index in [0.29, 0.717) is 37.4 Å². The molecule has 3 rings (SSSR count). The number of hydrogen-bond acceptors (Lipinski definition) is 2. The third-order valence-corrected chi connectivity index (χ3v) is 4.13. The first kappa shape index (κ1) is 15.5. The predicted molar refractivity (Wildman–Crippen MR) is 85.7 cm³/mol. The number of carbonyl (C=O) groups excluding carboxylic acids is 1. The molecule has 1 amide bonds. The van der Waals surface area contributed by atoms with Gasteiger partial charge in [-0.05, 0) is 31.2 Å². The molecule has 2 aromatic carbocycles. The van der Waals surface area contributed by atoms with E-state index in [1.54, 1.807) is 11.0 Å². The molecular weight excluding hydrogens is 298 g/mol. The molecule has 3 nitrogen and oxygen atoms in total. The Labute approximate surface area is 134 Å². The fourth-order valence-electron chi connectivity index (χ4n) is 2.73. The van der Waals surface area contributed by atoms with E-state index in [0.717, 1.165) is 11.6 Å². The first-order valence-corrected chi connectivity index (χ1v) is 7.60. The number of benzene rings is 2. The van der Waals surface area contributed by atoms with E-state index in [4.69, 9.17) is 0 Å². The Morgan fingerprint density at radius 1 is 0.913 bits per heavy atom. The van der Waals surface area contributed by atoms with E-state index in [1.807, 2.05) is 36.1 Å². The van der Waals surface area contributed by atoms with Crippen LogP contribution in [-0.2, 0) is 0 Å². The highest BCUT2D eigenvalue weighted by molar-refractivity contribution is 5.94. The van der Waals surface area contributed by atoms with Crippen LogP contribution in [0, 0.1) is 18.6 Å². The second kappa shape index (κ2) is 6.36. The molecule has 23 heavy (non-hydrogen) atoms. The molecule has 0 aliphatic carbocycles. The van der Waals surface area contributed by atoms with Crippen LogP contribution in [0.2, 0.25) is 0 Å². The van der Waals surface area contributed by atoms with Crippen LogP contribution < -0.4 is 4.90 Å². The highest BCUT2D eigenvalue weighted by Gasteiger charge is 2.22. The fraction of sp³-hybridized carbons (Fsp3) is 0.278. The molecule has 120 valence electrons. The van der Waals surface area contributed by atoms with E-state index in [9.17, 15) is 13.6 Å². The van der Waals surface area contributed by atoms with Gasteiger partial charge < -0.3 is 9.80 Å². The second-order valence-electron chi connectivity index (χ2n) is 5.74. The Bertz CT molecular complexity index is 707. The van der Waals surface area contributed by atoms with Crippen LogP contribution >= 0.6 is 0 Å². The van der Waals surface area contributed by atoms with Gasteiger partial charge in [0.2, 0.25) is 0 Å². The molecule has 0 bridgehead atoms.